The molecule has 4 heteroatoms. The molecular formula is C11H16N2O2. The number of rotatable bonds is 3. The number of amides is 2. The summed E-state index contributed by atoms with van der Waals surface area (Å²) in [5.74, 6) is 0.0665. The molecule has 15 heavy (non-hydrogen) atoms. The monoisotopic (exact) mass is 208 g/mol. The Kier molecular flexibility index (Phi) is 3.97. The lowest BCUT2D eigenvalue weighted by molar-refractivity contribution is 0.249. The largest absolute Gasteiger partial charge is 0.506 e. The molecule has 1 atom stereocenters. The van der Waals surface area contributed by atoms with E-state index in [0.29, 0.717) is 5.69 Å². The Morgan fingerprint density at radius 2 is 2.13 bits per heavy atom. The predicted molar refractivity (Wildman–Crippen MR) is 60.0 cm³/mol. The fourth-order valence-corrected chi connectivity index (χ4v) is 1.06. The first-order valence-electron chi connectivity index (χ1n) is 4.99. The number of phenols is 1. The molecule has 3 N–H and O–H groups in total. The van der Waals surface area contributed by atoms with Gasteiger partial charge in [0.05, 0.1) is 5.69 Å². The van der Waals surface area contributed by atoms with E-state index in [-0.39, 0.29) is 17.8 Å². The maximum atomic E-state index is 11.4. The SMILES string of the molecule is CCC(C)NC(=O)Nc1ccccc1O. The molecule has 0 aliphatic carbocycles. The van der Waals surface area contributed by atoms with Crippen molar-refractivity contribution in [2.45, 2.75) is 26.3 Å². The summed E-state index contributed by atoms with van der Waals surface area (Å²) in [5, 5.41) is 14.7. The van der Waals surface area contributed by atoms with Gasteiger partial charge >= 0.3 is 6.03 Å². The molecule has 0 aliphatic rings. The summed E-state index contributed by atoms with van der Waals surface area (Å²) in [6.07, 6.45) is 0.869. The van der Waals surface area contributed by atoms with E-state index in [1.807, 2.05) is 13.8 Å². The van der Waals surface area contributed by atoms with Crippen LogP contribution in [0.5, 0.6) is 5.75 Å². The van der Waals surface area contributed by atoms with Gasteiger partial charge in [-0.25, -0.2) is 4.79 Å². The Bertz CT molecular complexity index is 339. The van der Waals surface area contributed by atoms with Crippen LogP contribution >= 0.6 is 0 Å². The van der Waals surface area contributed by atoms with Crippen molar-refractivity contribution in [1.29, 1.82) is 0 Å². The molecule has 0 saturated carbocycles. The number of phenolic OH excluding ortho intramolecular Hbond substituents is 1. The number of carbonyl (C=O) groups is 1. The third kappa shape index (κ3) is 3.50. The van der Waals surface area contributed by atoms with Gasteiger partial charge in [-0.1, -0.05) is 19.1 Å². The lowest BCUT2D eigenvalue weighted by Gasteiger charge is -2.12. The second kappa shape index (κ2) is 5.24. The lowest BCUT2D eigenvalue weighted by atomic mass is 10.2. The number of nitrogens with one attached hydrogen (secondary N) is 2. The van der Waals surface area contributed by atoms with E-state index in [1.165, 1.54) is 6.07 Å². The van der Waals surface area contributed by atoms with Crippen LogP contribution in [0, 0.1) is 0 Å². The minimum absolute atomic E-state index is 0.0665. The van der Waals surface area contributed by atoms with E-state index < -0.39 is 0 Å². The van der Waals surface area contributed by atoms with Gasteiger partial charge in [0.1, 0.15) is 5.75 Å². The van der Waals surface area contributed by atoms with Gasteiger partial charge in [0.2, 0.25) is 0 Å². The van der Waals surface area contributed by atoms with Crippen molar-refractivity contribution < 1.29 is 9.90 Å². The Hall–Kier alpha value is -1.71. The second-order valence-electron chi connectivity index (χ2n) is 3.42. The Morgan fingerprint density at radius 1 is 1.47 bits per heavy atom. The van der Waals surface area contributed by atoms with E-state index in [4.69, 9.17) is 0 Å². The van der Waals surface area contributed by atoms with Gasteiger partial charge < -0.3 is 15.7 Å². The second-order valence-corrected chi connectivity index (χ2v) is 3.42. The highest BCUT2D eigenvalue weighted by atomic mass is 16.3. The minimum Gasteiger partial charge on any atom is -0.506 e. The van der Waals surface area contributed by atoms with Crippen LogP contribution in [0.25, 0.3) is 0 Å². The summed E-state index contributed by atoms with van der Waals surface area (Å²) in [4.78, 5) is 11.4. The van der Waals surface area contributed by atoms with Crippen molar-refractivity contribution in [1.82, 2.24) is 5.32 Å². The molecule has 0 spiro atoms. The maximum Gasteiger partial charge on any atom is 0.319 e. The smallest absolute Gasteiger partial charge is 0.319 e. The zero-order valence-corrected chi connectivity index (χ0v) is 8.95. The number of aromatic hydroxyl groups is 1. The average Bonchev–Trinajstić information content (AvgIpc) is 2.21. The van der Waals surface area contributed by atoms with E-state index in [0.717, 1.165) is 6.42 Å². The van der Waals surface area contributed by atoms with Crippen LogP contribution in [0.4, 0.5) is 10.5 Å². The van der Waals surface area contributed by atoms with E-state index in [2.05, 4.69) is 10.6 Å². The zero-order valence-electron chi connectivity index (χ0n) is 8.95. The quantitative estimate of drug-likeness (QED) is 0.667. The average molecular weight is 208 g/mol. The zero-order chi connectivity index (χ0) is 11.3. The third-order valence-electron chi connectivity index (χ3n) is 2.14. The van der Waals surface area contributed by atoms with Crippen LogP contribution in [0.1, 0.15) is 20.3 Å². The first kappa shape index (κ1) is 11.4. The molecule has 0 aromatic heterocycles. The summed E-state index contributed by atoms with van der Waals surface area (Å²) >= 11 is 0. The van der Waals surface area contributed by atoms with Crippen molar-refractivity contribution in [2.75, 3.05) is 5.32 Å². The van der Waals surface area contributed by atoms with Gasteiger partial charge in [0, 0.05) is 6.04 Å². The summed E-state index contributed by atoms with van der Waals surface area (Å²) < 4.78 is 0. The fourth-order valence-electron chi connectivity index (χ4n) is 1.06. The van der Waals surface area contributed by atoms with Crippen LogP contribution in [-0.4, -0.2) is 17.2 Å². The maximum absolute atomic E-state index is 11.4. The number of urea groups is 1. The minimum atomic E-state index is -0.300. The number of benzene rings is 1. The molecule has 0 bridgehead atoms. The molecule has 1 unspecified atom stereocenters. The van der Waals surface area contributed by atoms with Gasteiger partial charge in [-0.3, -0.25) is 0 Å². The predicted octanol–water partition coefficient (Wildman–Crippen LogP) is 2.31. The van der Waals surface area contributed by atoms with Crippen LogP contribution in [-0.2, 0) is 0 Å². The van der Waals surface area contributed by atoms with Crippen LogP contribution < -0.4 is 10.6 Å². The fraction of sp³-hybridized carbons (Fsp3) is 0.364. The number of hydrogen-bond donors (Lipinski definition) is 3. The highest BCUT2D eigenvalue weighted by Gasteiger charge is 2.07. The molecule has 4 nitrogen and oxygen atoms in total. The van der Waals surface area contributed by atoms with Gasteiger partial charge in [-0.2, -0.15) is 0 Å². The summed E-state index contributed by atoms with van der Waals surface area (Å²) in [5.41, 5.74) is 0.415. The summed E-state index contributed by atoms with van der Waals surface area (Å²) in [7, 11) is 0. The molecule has 1 aromatic carbocycles. The Balaban J connectivity index is 2.55. The highest BCUT2D eigenvalue weighted by Crippen LogP contribution is 2.21. The third-order valence-corrected chi connectivity index (χ3v) is 2.14. The van der Waals surface area contributed by atoms with Crippen molar-refractivity contribution in [3.63, 3.8) is 0 Å². The van der Waals surface area contributed by atoms with Gasteiger partial charge in [0.15, 0.2) is 0 Å². The summed E-state index contributed by atoms with van der Waals surface area (Å²) in [6.45, 7) is 3.91. The number of hydrogen-bond acceptors (Lipinski definition) is 2. The van der Waals surface area contributed by atoms with Crippen molar-refractivity contribution in [3.8, 4) is 5.75 Å². The molecule has 1 aromatic rings. The normalized spacial score (nSPS) is 11.9. The van der Waals surface area contributed by atoms with Crippen LogP contribution in [0.15, 0.2) is 24.3 Å². The number of anilines is 1. The van der Waals surface area contributed by atoms with Crippen molar-refractivity contribution in [2.24, 2.45) is 0 Å². The molecule has 0 saturated heterocycles. The lowest BCUT2D eigenvalue weighted by Crippen LogP contribution is -2.35. The van der Waals surface area contributed by atoms with Gasteiger partial charge in [0.25, 0.3) is 0 Å². The molecule has 0 radical (unpaired) electrons. The Labute approximate surface area is 89.3 Å². The van der Waals surface area contributed by atoms with Gasteiger partial charge in [-0.15, -0.1) is 0 Å². The molecule has 0 fully saturated rings. The molecule has 1 rings (SSSR count). The molecule has 0 heterocycles. The van der Waals surface area contributed by atoms with Gasteiger partial charge in [-0.05, 0) is 25.5 Å². The Morgan fingerprint density at radius 3 is 2.73 bits per heavy atom. The topological polar surface area (TPSA) is 61.4 Å². The van der Waals surface area contributed by atoms with Crippen molar-refractivity contribution >= 4 is 11.7 Å². The standard InChI is InChI=1S/C11H16N2O2/c1-3-8(2)12-11(15)13-9-6-4-5-7-10(9)14/h4-8,14H,3H2,1-2H3,(H2,12,13,15). The van der Waals surface area contributed by atoms with E-state index in [1.54, 1.807) is 18.2 Å². The molecule has 82 valence electrons. The van der Waals surface area contributed by atoms with Crippen molar-refractivity contribution in [3.05, 3.63) is 24.3 Å². The molecule has 2 amide bonds. The van der Waals surface area contributed by atoms with Crippen LogP contribution in [0.2, 0.25) is 0 Å². The highest BCUT2D eigenvalue weighted by molar-refractivity contribution is 5.90. The first-order valence-corrected chi connectivity index (χ1v) is 4.99. The molecular weight excluding hydrogens is 192 g/mol. The van der Waals surface area contributed by atoms with E-state index >= 15 is 0 Å². The number of para-hydroxylation sites is 2. The first-order chi connectivity index (χ1) is 7.13. The summed E-state index contributed by atoms with van der Waals surface area (Å²) in [6, 6.07) is 6.44. The van der Waals surface area contributed by atoms with E-state index in [9.17, 15) is 9.90 Å². The molecule has 0 aliphatic heterocycles. The van der Waals surface area contributed by atoms with Crippen LogP contribution in [0.3, 0.4) is 0 Å². The number of carbonyl (C=O) groups excluding carboxylic acids is 1.